The smallest absolute Gasteiger partial charge is 0.265 e. The second kappa shape index (κ2) is 3.97. The molecule has 0 rings (SSSR count). The molecule has 0 aliphatic carbocycles. The fourth-order valence-electron chi connectivity index (χ4n) is 0.190. The summed E-state index contributed by atoms with van der Waals surface area (Å²) in [5, 5.41) is 0. The maximum Gasteiger partial charge on any atom is 0.344 e. The van der Waals surface area contributed by atoms with Gasteiger partial charge in [-0.2, -0.15) is 4.21 Å². The molecular formula is C4H9FO2S. The predicted molar refractivity (Wildman–Crippen MR) is 30.0 cm³/mol. The quantitative estimate of drug-likeness (QED) is 0.551. The molecule has 0 heterocycles. The van der Waals surface area contributed by atoms with Crippen molar-refractivity contribution in [1.82, 2.24) is 0 Å². The molecule has 2 nitrogen and oxygen atoms in total. The average Bonchev–Trinajstić information content (AvgIpc) is 1.61. The van der Waals surface area contributed by atoms with Gasteiger partial charge in [-0.1, -0.05) is 13.8 Å². The molecule has 0 saturated carbocycles. The molecule has 0 spiro atoms. The van der Waals surface area contributed by atoms with Crippen molar-refractivity contribution < 1.29 is 12.3 Å². The molecule has 0 fully saturated rings. The van der Waals surface area contributed by atoms with Crippen LogP contribution in [0, 0.1) is 5.92 Å². The van der Waals surface area contributed by atoms with Crippen molar-refractivity contribution in [3.8, 4) is 0 Å². The lowest BCUT2D eigenvalue weighted by Crippen LogP contribution is -2.00. The molecule has 0 aromatic carbocycles. The highest BCUT2D eigenvalue weighted by Gasteiger charge is 1.97. The highest BCUT2D eigenvalue weighted by molar-refractivity contribution is 7.74. The largest absolute Gasteiger partial charge is 0.344 e. The van der Waals surface area contributed by atoms with Crippen LogP contribution in [-0.2, 0) is 15.6 Å². The van der Waals surface area contributed by atoms with Gasteiger partial charge in [0, 0.05) is 0 Å². The normalized spacial score (nSPS) is 14.5. The molecule has 0 radical (unpaired) electrons. The van der Waals surface area contributed by atoms with Gasteiger partial charge in [-0.25, -0.2) is 0 Å². The Hall–Kier alpha value is 0.0400. The molecule has 50 valence electrons. The van der Waals surface area contributed by atoms with E-state index < -0.39 is 11.5 Å². The first-order valence-electron chi connectivity index (χ1n) is 2.34. The van der Waals surface area contributed by atoms with Crippen molar-refractivity contribution in [2.45, 2.75) is 13.8 Å². The zero-order valence-electron chi connectivity index (χ0n) is 4.89. The van der Waals surface area contributed by atoms with Crippen LogP contribution in [0.2, 0.25) is 0 Å². The summed E-state index contributed by atoms with van der Waals surface area (Å²) in [6.45, 7) is 3.92. The van der Waals surface area contributed by atoms with E-state index in [0.29, 0.717) is 0 Å². The first kappa shape index (κ1) is 8.04. The van der Waals surface area contributed by atoms with Crippen LogP contribution >= 0.6 is 0 Å². The Labute approximate surface area is 51.0 Å². The Bertz CT molecular complexity index is 84.1. The summed E-state index contributed by atoms with van der Waals surface area (Å²) in [6.07, 6.45) is 0. The van der Waals surface area contributed by atoms with E-state index in [9.17, 15) is 8.09 Å². The number of hydrogen-bond acceptors (Lipinski definition) is 2. The van der Waals surface area contributed by atoms with E-state index in [1.165, 1.54) is 0 Å². The Morgan fingerprint density at radius 1 is 1.75 bits per heavy atom. The lowest BCUT2D eigenvalue weighted by molar-refractivity contribution is 0.282. The molecule has 8 heavy (non-hydrogen) atoms. The monoisotopic (exact) mass is 140 g/mol. The molecule has 0 aliphatic rings. The van der Waals surface area contributed by atoms with Gasteiger partial charge in [0.2, 0.25) is 0 Å². The SMILES string of the molecule is CC(C)COS(=O)F. The minimum Gasteiger partial charge on any atom is -0.265 e. The summed E-state index contributed by atoms with van der Waals surface area (Å²) in [6, 6.07) is 0. The van der Waals surface area contributed by atoms with E-state index in [1.807, 2.05) is 13.8 Å². The van der Waals surface area contributed by atoms with Gasteiger partial charge in [0.1, 0.15) is 0 Å². The van der Waals surface area contributed by atoms with E-state index in [2.05, 4.69) is 4.18 Å². The van der Waals surface area contributed by atoms with Crippen LogP contribution in [0.15, 0.2) is 0 Å². The van der Waals surface area contributed by atoms with Crippen molar-refractivity contribution >= 4 is 11.5 Å². The Morgan fingerprint density at radius 2 is 2.25 bits per heavy atom. The van der Waals surface area contributed by atoms with Crippen molar-refractivity contribution in [3.63, 3.8) is 0 Å². The molecule has 0 aromatic heterocycles. The Morgan fingerprint density at radius 3 is 2.38 bits per heavy atom. The van der Waals surface area contributed by atoms with Gasteiger partial charge < -0.3 is 0 Å². The van der Waals surface area contributed by atoms with Crippen LogP contribution in [0.3, 0.4) is 0 Å². The summed E-state index contributed by atoms with van der Waals surface area (Å²) in [7, 11) is 0. The topological polar surface area (TPSA) is 26.3 Å². The molecule has 4 heteroatoms. The van der Waals surface area contributed by atoms with E-state index >= 15 is 0 Å². The van der Waals surface area contributed by atoms with Gasteiger partial charge in [-0.15, -0.1) is 3.89 Å². The fraction of sp³-hybridized carbons (Fsp3) is 1.00. The lowest BCUT2D eigenvalue weighted by atomic mass is 10.2. The molecular weight excluding hydrogens is 131 g/mol. The lowest BCUT2D eigenvalue weighted by Gasteiger charge is -1.98. The summed E-state index contributed by atoms with van der Waals surface area (Å²) in [5.41, 5.74) is 0. The number of rotatable bonds is 3. The summed E-state index contributed by atoms with van der Waals surface area (Å²) >= 11 is -2.59. The zero-order valence-corrected chi connectivity index (χ0v) is 5.70. The molecule has 0 aromatic rings. The summed E-state index contributed by atoms with van der Waals surface area (Å²) in [5.74, 6) is 0.231. The predicted octanol–water partition coefficient (Wildman–Crippen LogP) is 1.21. The molecule has 1 atom stereocenters. The highest BCUT2D eigenvalue weighted by Crippen LogP contribution is 1.94. The Kier molecular flexibility index (Phi) is 3.99. The van der Waals surface area contributed by atoms with E-state index in [-0.39, 0.29) is 12.5 Å². The summed E-state index contributed by atoms with van der Waals surface area (Å²) < 4.78 is 25.0. The van der Waals surface area contributed by atoms with Gasteiger partial charge in [-0.05, 0) is 5.92 Å². The third-order valence-corrected chi connectivity index (χ3v) is 0.815. The molecule has 0 bridgehead atoms. The van der Waals surface area contributed by atoms with Crippen molar-refractivity contribution in [2.75, 3.05) is 6.61 Å². The van der Waals surface area contributed by atoms with Crippen molar-refractivity contribution in [1.29, 1.82) is 0 Å². The van der Waals surface area contributed by atoms with E-state index in [1.54, 1.807) is 0 Å². The van der Waals surface area contributed by atoms with Gasteiger partial charge in [0.25, 0.3) is 0 Å². The number of hydrogen-bond donors (Lipinski definition) is 0. The minimum atomic E-state index is -2.59. The van der Waals surface area contributed by atoms with Crippen molar-refractivity contribution in [2.24, 2.45) is 5.92 Å². The maximum atomic E-state index is 11.3. The van der Waals surface area contributed by atoms with Crippen molar-refractivity contribution in [3.05, 3.63) is 0 Å². The minimum absolute atomic E-state index is 0.211. The van der Waals surface area contributed by atoms with E-state index in [4.69, 9.17) is 0 Å². The second-order valence-corrected chi connectivity index (χ2v) is 2.50. The van der Waals surface area contributed by atoms with Crippen LogP contribution in [-0.4, -0.2) is 10.8 Å². The van der Waals surface area contributed by atoms with Crippen LogP contribution in [0.1, 0.15) is 13.8 Å². The first-order chi connectivity index (χ1) is 3.63. The van der Waals surface area contributed by atoms with Crippen LogP contribution in [0.5, 0.6) is 0 Å². The highest BCUT2D eigenvalue weighted by atomic mass is 32.2. The third kappa shape index (κ3) is 6.04. The molecule has 1 unspecified atom stereocenters. The Balaban J connectivity index is 3.05. The van der Waals surface area contributed by atoms with E-state index in [0.717, 1.165) is 0 Å². The van der Waals surface area contributed by atoms with Gasteiger partial charge in [-0.3, -0.25) is 4.18 Å². The van der Waals surface area contributed by atoms with Gasteiger partial charge >= 0.3 is 11.5 Å². The first-order valence-corrected chi connectivity index (χ1v) is 3.31. The van der Waals surface area contributed by atoms with Crippen LogP contribution < -0.4 is 0 Å². The van der Waals surface area contributed by atoms with Crippen LogP contribution in [0.4, 0.5) is 3.89 Å². The molecule has 0 saturated heterocycles. The van der Waals surface area contributed by atoms with Gasteiger partial charge in [0.05, 0.1) is 6.61 Å². The third-order valence-electron chi connectivity index (χ3n) is 0.494. The standard InChI is InChI=1S/C4H9FO2S/c1-4(2)3-7-8(5)6/h4H,3H2,1-2H3. The zero-order chi connectivity index (χ0) is 6.57. The molecule has 0 N–H and O–H groups in total. The fourth-order valence-corrected chi connectivity index (χ4v) is 0.569. The number of halogens is 1. The summed E-state index contributed by atoms with van der Waals surface area (Å²) in [4.78, 5) is 0. The van der Waals surface area contributed by atoms with Gasteiger partial charge in [0.15, 0.2) is 0 Å². The van der Waals surface area contributed by atoms with Crippen LogP contribution in [0.25, 0.3) is 0 Å². The molecule has 0 aliphatic heterocycles. The molecule has 0 amide bonds. The maximum absolute atomic E-state index is 11.3. The second-order valence-electron chi connectivity index (χ2n) is 1.87. The average molecular weight is 140 g/mol.